The van der Waals surface area contributed by atoms with Gasteiger partial charge < -0.3 is 30.7 Å². The number of unbranched alkanes of at least 4 members (excludes halogenated alkanes) is 12. The number of nitrogens with two attached hydrogens (primary N) is 1. The highest BCUT2D eigenvalue weighted by atomic mass is 31.2. The molecule has 0 aromatic carbocycles. The first kappa shape index (κ1) is 33.4. The summed E-state index contributed by atoms with van der Waals surface area (Å²) in [7, 11) is -4.56. The molecule has 0 aromatic heterocycles. The standard InChI is InChI=1S/C23H48NO9P/c1-2-3-4-5-6-7-8-9-10-11-12-13-14-15-22(28)31-16-21(27)17-32-34(29,30)33-20-23(24,18-25)19-26/h21,25-27H,2-20,24H2,1H3,(H,29,30)/t21-/m1/s1. The summed E-state index contributed by atoms with van der Waals surface area (Å²) in [6.45, 7) is -0.696. The molecule has 0 spiro atoms. The number of aliphatic hydroxyl groups excluding tert-OH is 3. The van der Waals surface area contributed by atoms with E-state index >= 15 is 0 Å². The van der Waals surface area contributed by atoms with E-state index in [4.69, 9.17) is 20.7 Å². The first-order valence-corrected chi connectivity index (χ1v) is 14.1. The third-order valence-electron chi connectivity index (χ3n) is 5.50. The van der Waals surface area contributed by atoms with Crippen LogP contribution in [0.3, 0.4) is 0 Å². The van der Waals surface area contributed by atoms with Crippen molar-refractivity contribution in [1.29, 1.82) is 0 Å². The average Bonchev–Trinajstić information content (AvgIpc) is 2.83. The highest BCUT2D eigenvalue weighted by Crippen LogP contribution is 2.43. The smallest absolute Gasteiger partial charge is 0.463 e. The van der Waals surface area contributed by atoms with Crippen molar-refractivity contribution in [3.63, 3.8) is 0 Å². The predicted octanol–water partition coefficient (Wildman–Crippen LogP) is 3.19. The summed E-state index contributed by atoms with van der Waals surface area (Å²) in [5.74, 6) is -0.440. The Morgan fingerprint density at radius 3 is 1.79 bits per heavy atom. The molecule has 11 heteroatoms. The molecular weight excluding hydrogens is 465 g/mol. The molecular formula is C23H48NO9P. The number of phosphoric ester groups is 1. The summed E-state index contributed by atoms with van der Waals surface area (Å²) < 4.78 is 25.9. The van der Waals surface area contributed by atoms with Gasteiger partial charge in [0.15, 0.2) is 0 Å². The lowest BCUT2D eigenvalue weighted by Gasteiger charge is -2.25. The van der Waals surface area contributed by atoms with Gasteiger partial charge in [-0.15, -0.1) is 0 Å². The Kier molecular flexibility index (Phi) is 20.2. The minimum absolute atomic E-state index is 0.258. The van der Waals surface area contributed by atoms with Crippen molar-refractivity contribution in [2.24, 2.45) is 5.73 Å². The third-order valence-corrected chi connectivity index (χ3v) is 6.43. The zero-order valence-corrected chi connectivity index (χ0v) is 21.8. The van der Waals surface area contributed by atoms with Crippen LogP contribution in [-0.4, -0.2) is 70.9 Å². The maximum absolute atomic E-state index is 11.8. The van der Waals surface area contributed by atoms with Crippen molar-refractivity contribution in [2.75, 3.05) is 33.0 Å². The summed E-state index contributed by atoms with van der Waals surface area (Å²) in [5.41, 5.74) is 3.94. The van der Waals surface area contributed by atoms with Crippen LogP contribution >= 0.6 is 7.82 Å². The van der Waals surface area contributed by atoms with E-state index in [-0.39, 0.29) is 13.0 Å². The van der Waals surface area contributed by atoms with Crippen LogP contribution in [0.15, 0.2) is 0 Å². The van der Waals surface area contributed by atoms with E-state index in [9.17, 15) is 19.4 Å². The van der Waals surface area contributed by atoms with Gasteiger partial charge in [-0.3, -0.25) is 13.8 Å². The molecule has 0 saturated heterocycles. The molecule has 0 rings (SSSR count). The van der Waals surface area contributed by atoms with Gasteiger partial charge in [0.25, 0.3) is 0 Å². The molecule has 10 nitrogen and oxygen atoms in total. The lowest BCUT2D eigenvalue weighted by atomic mass is 10.0. The quantitative estimate of drug-likeness (QED) is 0.0734. The Hall–Kier alpha value is -0.580. The number of rotatable bonds is 24. The fourth-order valence-electron chi connectivity index (χ4n) is 3.17. The largest absolute Gasteiger partial charge is 0.472 e. The van der Waals surface area contributed by atoms with E-state index < -0.39 is 51.9 Å². The molecule has 0 saturated carbocycles. The number of ether oxygens (including phenoxy) is 1. The monoisotopic (exact) mass is 513 g/mol. The van der Waals surface area contributed by atoms with Crippen LogP contribution in [0.25, 0.3) is 0 Å². The summed E-state index contributed by atoms with van der Waals surface area (Å²) in [6, 6.07) is 0. The van der Waals surface area contributed by atoms with E-state index in [2.05, 4.69) is 16.0 Å². The zero-order valence-electron chi connectivity index (χ0n) is 20.9. The van der Waals surface area contributed by atoms with Crippen molar-refractivity contribution in [2.45, 2.75) is 108 Å². The molecule has 0 aromatic rings. The predicted molar refractivity (Wildman–Crippen MR) is 130 cm³/mol. The van der Waals surface area contributed by atoms with Crippen LogP contribution in [0.4, 0.5) is 0 Å². The van der Waals surface area contributed by atoms with Gasteiger partial charge in [-0.25, -0.2) is 4.57 Å². The van der Waals surface area contributed by atoms with Crippen molar-refractivity contribution in [3.8, 4) is 0 Å². The van der Waals surface area contributed by atoms with E-state index in [0.717, 1.165) is 19.3 Å². The van der Waals surface area contributed by atoms with Crippen LogP contribution in [0.2, 0.25) is 0 Å². The molecule has 0 aliphatic heterocycles. The minimum atomic E-state index is -4.56. The summed E-state index contributed by atoms with van der Waals surface area (Å²) >= 11 is 0. The van der Waals surface area contributed by atoms with Gasteiger partial charge in [0, 0.05) is 6.42 Å². The van der Waals surface area contributed by atoms with Gasteiger partial charge in [-0.05, 0) is 6.42 Å². The maximum Gasteiger partial charge on any atom is 0.472 e. The Labute approximate surface area is 204 Å². The molecule has 0 heterocycles. The van der Waals surface area contributed by atoms with E-state index in [1.54, 1.807) is 0 Å². The van der Waals surface area contributed by atoms with Crippen molar-refractivity contribution >= 4 is 13.8 Å². The first-order chi connectivity index (χ1) is 16.2. The van der Waals surface area contributed by atoms with Crippen LogP contribution in [-0.2, 0) is 23.1 Å². The van der Waals surface area contributed by atoms with E-state index in [1.165, 1.54) is 64.2 Å². The summed E-state index contributed by atoms with van der Waals surface area (Å²) in [5, 5.41) is 27.8. The molecule has 34 heavy (non-hydrogen) atoms. The highest BCUT2D eigenvalue weighted by molar-refractivity contribution is 7.47. The molecule has 1 unspecified atom stereocenters. The Morgan fingerprint density at radius 1 is 0.853 bits per heavy atom. The van der Waals surface area contributed by atoms with Gasteiger partial charge in [0.2, 0.25) is 0 Å². The number of hydrogen-bond acceptors (Lipinski definition) is 9. The molecule has 2 atom stereocenters. The molecule has 0 aliphatic rings. The molecule has 6 N–H and O–H groups in total. The SMILES string of the molecule is CCCCCCCCCCCCCCCC(=O)OC[C@@H](O)COP(=O)(O)OCC(N)(CO)CO. The molecule has 0 aliphatic carbocycles. The normalized spacial score (nSPS) is 14.6. The third kappa shape index (κ3) is 19.7. The fraction of sp³-hybridized carbons (Fsp3) is 0.957. The molecule has 0 bridgehead atoms. The van der Waals surface area contributed by atoms with Crippen molar-refractivity contribution < 1.29 is 43.4 Å². The summed E-state index contributed by atoms with van der Waals surface area (Å²) in [4.78, 5) is 21.3. The number of aliphatic hydroxyl groups is 3. The van der Waals surface area contributed by atoms with Crippen LogP contribution in [0.5, 0.6) is 0 Å². The van der Waals surface area contributed by atoms with Gasteiger partial charge in [0.1, 0.15) is 12.7 Å². The van der Waals surface area contributed by atoms with E-state index in [1.807, 2.05) is 0 Å². The number of hydrogen-bond donors (Lipinski definition) is 5. The van der Waals surface area contributed by atoms with Gasteiger partial charge >= 0.3 is 13.8 Å². The number of carbonyl (C=O) groups is 1. The van der Waals surface area contributed by atoms with Gasteiger partial charge in [0.05, 0.1) is 32.0 Å². The van der Waals surface area contributed by atoms with Gasteiger partial charge in [-0.2, -0.15) is 0 Å². The number of phosphoric acid groups is 1. The zero-order chi connectivity index (χ0) is 25.7. The topological polar surface area (TPSA) is 169 Å². The van der Waals surface area contributed by atoms with Crippen LogP contribution in [0.1, 0.15) is 96.8 Å². The lowest BCUT2D eigenvalue weighted by Crippen LogP contribution is -2.51. The Bertz CT molecular complexity index is 547. The lowest BCUT2D eigenvalue weighted by molar-refractivity contribution is -0.147. The maximum atomic E-state index is 11.8. The van der Waals surface area contributed by atoms with E-state index in [0.29, 0.717) is 0 Å². The number of esters is 1. The molecule has 204 valence electrons. The summed E-state index contributed by atoms with van der Waals surface area (Å²) in [6.07, 6.45) is 14.7. The second-order valence-corrected chi connectivity index (χ2v) is 10.5. The van der Waals surface area contributed by atoms with Gasteiger partial charge in [-0.1, -0.05) is 84.0 Å². The number of carbonyl (C=O) groups excluding carboxylic acids is 1. The molecule has 0 fully saturated rings. The van der Waals surface area contributed by atoms with Crippen LogP contribution < -0.4 is 5.73 Å². The molecule has 0 radical (unpaired) electrons. The highest BCUT2D eigenvalue weighted by Gasteiger charge is 2.30. The Balaban J connectivity index is 3.67. The Morgan fingerprint density at radius 2 is 1.32 bits per heavy atom. The van der Waals surface area contributed by atoms with Crippen molar-refractivity contribution in [1.82, 2.24) is 0 Å². The fourth-order valence-corrected chi connectivity index (χ4v) is 4.02. The average molecular weight is 514 g/mol. The first-order valence-electron chi connectivity index (χ1n) is 12.6. The van der Waals surface area contributed by atoms with Crippen molar-refractivity contribution in [3.05, 3.63) is 0 Å². The second kappa shape index (κ2) is 20.6. The molecule has 0 amide bonds. The van der Waals surface area contributed by atoms with Crippen LogP contribution in [0, 0.1) is 0 Å². The minimum Gasteiger partial charge on any atom is -0.463 e. The second-order valence-electron chi connectivity index (χ2n) is 9.05.